The summed E-state index contributed by atoms with van der Waals surface area (Å²) in [6.45, 7) is 2.87. The van der Waals surface area contributed by atoms with Gasteiger partial charge in [-0.05, 0) is 19.5 Å². The van der Waals surface area contributed by atoms with Gasteiger partial charge in [-0.25, -0.2) is 0 Å². The average molecular weight is 132 g/mol. The van der Waals surface area contributed by atoms with Gasteiger partial charge < -0.3 is 16.6 Å². The lowest BCUT2D eigenvalue weighted by molar-refractivity contribution is 0.111. The van der Waals surface area contributed by atoms with E-state index in [1.807, 2.05) is 6.92 Å². The molecular weight excluding hydrogens is 116 g/mol. The van der Waals surface area contributed by atoms with Gasteiger partial charge in [-0.2, -0.15) is 0 Å². The first-order valence-corrected chi connectivity index (χ1v) is 3.34. The SMILES string of the molecule is CCC(O)C(CN)CN. The summed E-state index contributed by atoms with van der Waals surface area (Å²) in [6.07, 6.45) is 0.416. The first-order valence-electron chi connectivity index (χ1n) is 3.34. The summed E-state index contributed by atoms with van der Waals surface area (Å²) in [5.41, 5.74) is 10.6. The number of aliphatic hydroxyl groups excluding tert-OH is 1. The molecule has 1 atom stereocenters. The van der Waals surface area contributed by atoms with E-state index in [1.165, 1.54) is 0 Å². The van der Waals surface area contributed by atoms with Gasteiger partial charge in [-0.1, -0.05) is 6.92 Å². The molecule has 0 heterocycles. The van der Waals surface area contributed by atoms with Crippen LogP contribution in [-0.4, -0.2) is 24.3 Å². The van der Waals surface area contributed by atoms with Gasteiger partial charge in [0.1, 0.15) is 0 Å². The van der Waals surface area contributed by atoms with Crippen molar-refractivity contribution in [3.05, 3.63) is 0 Å². The van der Waals surface area contributed by atoms with E-state index in [9.17, 15) is 0 Å². The molecule has 56 valence electrons. The molecule has 0 bridgehead atoms. The molecule has 3 nitrogen and oxygen atoms in total. The Bertz CT molecular complexity index is 64.1. The minimum absolute atomic E-state index is 0.0787. The Kier molecular flexibility index (Phi) is 4.67. The van der Waals surface area contributed by atoms with E-state index in [0.717, 1.165) is 6.42 Å². The van der Waals surface area contributed by atoms with Crippen molar-refractivity contribution in [3.63, 3.8) is 0 Å². The van der Waals surface area contributed by atoms with Crippen LogP contribution in [0.15, 0.2) is 0 Å². The van der Waals surface area contributed by atoms with Crippen molar-refractivity contribution in [1.29, 1.82) is 0 Å². The van der Waals surface area contributed by atoms with Gasteiger partial charge in [0, 0.05) is 5.92 Å². The fourth-order valence-corrected chi connectivity index (χ4v) is 0.744. The lowest BCUT2D eigenvalue weighted by Gasteiger charge is -2.17. The van der Waals surface area contributed by atoms with Crippen LogP contribution in [0, 0.1) is 5.92 Å². The molecule has 0 aliphatic carbocycles. The molecule has 1 unspecified atom stereocenters. The molecule has 0 rings (SSSR count). The monoisotopic (exact) mass is 132 g/mol. The van der Waals surface area contributed by atoms with Crippen LogP contribution in [0.5, 0.6) is 0 Å². The summed E-state index contributed by atoms with van der Waals surface area (Å²) in [6, 6.07) is 0. The van der Waals surface area contributed by atoms with Crippen LogP contribution in [0.4, 0.5) is 0 Å². The highest BCUT2D eigenvalue weighted by Gasteiger charge is 2.12. The second kappa shape index (κ2) is 4.73. The highest BCUT2D eigenvalue weighted by atomic mass is 16.3. The number of aliphatic hydroxyl groups is 1. The van der Waals surface area contributed by atoms with Crippen molar-refractivity contribution in [3.8, 4) is 0 Å². The van der Waals surface area contributed by atoms with E-state index in [2.05, 4.69) is 0 Å². The molecule has 9 heavy (non-hydrogen) atoms. The van der Waals surface area contributed by atoms with Crippen molar-refractivity contribution >= 4 is 0 Å². The van der Waals surface area contributed by atoms with Crippen molar-refractivity contribution < 1.29 is 5.11 Å². The first-order chi connectivity index (χ1) is 4.26. The zero-order valence-electron chi connectivity index (χ0n) is 5.88. The fourth-order valence-electron chi connectivity index (χ4n) is 0.744. The molecule has 0 aromatic heterocycles. The third kappa shape index (κ3) is 2.79. The van der Waals surface area contributed by atoms with Gasteiger partial charge in [0.2, 0.25) is 0 Å². The largest absolute Gasteiger partial charge is 0.393 e. The van der Waals surface area contributed by atoms with E-state index < -0.39 is 0 Å². The maximum absolute atomic E-state index is 9.16. The standard InChI is InChI=1S/C6H16N2O/c1-2-6(9)5(3-7)4-8/h5-6,9H,2-4,7-8H2,1H3. The minimum atomic E-state index is -0.319. The second-order valence-corrected chi connectivity index (χ2v) is 2.21. The fraction of sp³-hybridized carbons (Fsp3) is 1.00. The Labute approximate surface area is 56.0 Å². The lowest BCUT2D eigenvalue weighted by Crippen LogP contribution is -2.33. The minimum Gasteiger partial charge on any atom is -0.393 e. The van der Waals surface area contributed by atoms with E-state index in [4.69, 9.17) is 16.6 Å². The summed E-state index contributed by atoms with van der Waals surface area (Å²) in [5.74, 6) is 0.0787. The van der Waals surface area contributed by atoms with Crippen LogP contribution in [-0.2, 0) is 0 Å². The molecule has 0 fully saturated rings. The number of rotatable bonds is 4. The van der Waals surface area contributed by atoms with Crippen molar-refractivity contribution in [2.75, 3.05) is 13.1 Å². The van der Waals surface area contributed by atoms with Crippen LogP contribution in [0.1, 0.15) is 13.3 Å². The lowest BCUT2D eigenvalue weighted by atomic mass is 10.0. The predicted molar refractivity (Wildman–Crippen MR) is 37.9 cm³/mol. The van der Waals surface area contributed by atoms with E-state index >= 15 is 0 Å². The van der Waals surface area contributed by atoms with Crippen LogP contribution < -0.4 is 11.5 Å². The molecular formula is C6H16N2O. The summed E-state index contributed by atoms with van der Waals surface area (Å²) in [7, 11) is 0. The molecule has 0 saturated carbocycles. The van der Waals surface area contributed by atoms with Gasteiger partial charge >= 0.3 is 0 Å². The molecule has 0 radical (unpaired) electrons. The summed E-state index contributed by atoms with van der Waals surface area (Å²) >= 11 is 0. The molecule has 0 aliphatic heterocycles. The normalized spacial score (nSPS) is 14.3. The zero-order chi connectivity index (χ0) is 7.28. The Morgan fingerprint density at radius 2 is 1.78 bits per heavy atom. The smallest absolute Gasteiger partial charge is 0.0589 e. The molecule has 0 aromatic carbocycles. The van der Waals surface area contributed by atoms with Gasteiger partial charge in [0.15, 0.2) is 0 Å². The molecule has 0 amide bonds. The quantitative estimate of drug-likeness (QED) is 0.473. The summed E-state index contributed by atoms with van der Waals surface area (Å²) < 4.78 is 0. The van der Waals surface area contributed by atoms with E-state index in [-0.39, 0.29) is 12.0 Å². The highest BCUT2D eigenvalue weighted by Crippen LogP contribution is 2.02. The maximum Gasteiger partial charge on any atom is 0.0589 e. The molecule has 0 aromatic rings. The molecule has 0 aliphatic rings. The van der Waals surface area contributed by atoms with Crippen molar-refractivity contribution in [2.45, 2.75) is 19.4 Å². The van der Waals surface area contributed by atoms with Crippen LogP contribution in [0.25, 0.3) is 0 Å². The number of nitrogens with two attached hydrogens (primary N) is 2. The highest BCUT2D eigenvalue weighted by molar-refractivity contribution is 4.68. The summed E-state index contributed by atoms with van der Waals surface area (Å²) in [5, 5.41) is 9.16. The van der Waals surface area contributed by atoms with Crippen molar-refractivity contribution in [2.24, 2.45) is 17.4 Å². The zero-order valence-corrected chi connectivity index (χ0v) is 5.88. The third-order valence-corrected chi connectivity index (χ3v) is 1.57. The Morgan fingerprint density at radius 1 is 1.33 bits per heavy atom. The Morgan fingerprint density at radius 3 is 1.89 bits per heavy atom. The van der Waals surface area contributed by atoms with Gasteiger partial charge in [0.25, 0.3) is 0 Å². The first kappa shape index (κ1) is 8.88. The maximum atomic E-state index is 9.16. The van der Waals surface area contributed by atoms with Crippen LogP contribution in [0.2, 0.25) is 0 Å². The van der Waals surface area contributed by atoms with E-state index in [0.29, 0.717) is 13.1 Å². The van der Waals surface area contributed by atoms with Gasteiger partial charge in [-0.3, -0.25) is 0 Å². The van der Waals surface area contributed by atoms with Crippen LogP contribution in [0.3, 0.4) is 0 Å². The Hall–Kier alpha value is -0.120. The second-order valence-electron chi connectivity index (χ2n) is 2.21. The average Bonchev–Trinajstić information content (AvgIpc) is 1.90. The van der Waals surface area contributed by atoms with Crippen molar-refractivity contribution in [1.82, 2.24) is 0 Å². The third-order valence-electron chi connectivity index (χ3n) is 1.57. The number of hydrogen-bond donors (Lipinski definition) is 3. The summed E-state index contributed by atoms with van der Waals surface area (Å²) in [4.78, 5) is 0. The molecule has 5 N–H and O–H groups in total. The molecule has 3 heteroatoms. The molecule has 0 spiro atoms. The van der Waals surface area contributed by atoms with E-state index in [1.54, 1.807) is 0 Å². The van der Waals surface area contributed by atoms with Gasteiger partial charge in [-0.15, -0.1) is 0 Å². The Balaban J connectivity index is 3.50. The number of hydrogen-bond acceptors (Lipinski definition) is 3. The van der Waals surface area contributed by atoms with Crippen LogP contribution >= 0.6 is 0 Å². The predicted octanol–water partition coefficient (Wildman–Crippen LogP) is -0.709. The molecule has 0 saturated heterocycles. The topological polar surface area (TPSA) is 72.3 Å². The van der Waals surface area contributed by atoms with Gasteiger partial charge in [0.05, 0.1) is 6.10 Å².